The van der Waals surface area contributed by atoms with Crippen molar-refractivity contribution in [1.29, 1.82) is 0 Å². The average molecular weight is 353 g/mol. The fourth-order valence-corrected chi connectivity index (χ4v) is 4.44. The standard InChI is InChI=1S/C18H15N3OS2/c1-9-10(2)24-18-15(9)16(19-8-20-18)17(23)12-7-14(22)21-13-6-4-3-5-11(12)13/h3-8,17,23H,1-2H3,(H,21,22). The van der Waals surface area contributed by atoms with E-state index in [2.05, 4.69) is 28.8 Å². The summed E-state index contributed by atoms with van der Waals surface area (Å²) >= 11 is 6.49. The molecule has 4 aromatic rings. The van der Waals surface area contributed by atoms with Gasteiger partial charge in [-0.1, -0.05) is 18.2 Å². The molecule has 4 rings (SSSR count). The van der Waals surface area contributed by atoms with Gasteiger partial charge < -0.3 is 4.98 Å². The van der Waals surface area contributed by atoms with E-state index in [0.29, 0.717) is 0 Å². The summed E-state index contributed by atoms with van der Waals surface area (Å²) in [6.45, 7) is 4.17. The van der Waals surface area contributed by atoms with Crippen LogP contribution in [0.15, 0.2) is 41.5 Å². The maximum absolute atomic E-state index is 12.1. The zero-order chi connectivity index (χ0) is 16.8. The van der Waals surface area contributed by atoms with E-state index in [4.69, 9.17) is 12.6 Å². The Morgan fingerprint density at radius 1 is 1.21 bits per heavy atom. The van der Waals surface area contributed by atoms with E-state index >= 15 is 0 Å². The maximum atomic E-state index is 12.1. The third-order valence-electron chi connectivity index (χ3n) is 4.33. The number of pyridine rings is 1. The number of H-pyrrole nitrogens is 1. The third-order valence-corrected chi connectivity index (χ3v) is 5.97. The van der Waals surface area contributed by atoms with Gasteiger partial charge in [0.2, 0.25) is 5.56 Å². The molecule has 1 unspecified atom stereocenters. The lowest BCUT2D eigenvalue weighted by Gasteiger charge is -2.14. The first-order valence-corrected chi connectivity index (χ1v) is 8.90. The molecule has 0 radical (unpaired) electrons. The van der Waals surface area contributed by atoms with Gasteiger partial charge in [-0.05, 0) is 31.0 Å². The van der Waals surface area contributed by atoms with Gasteiger partial charge in [0.15, 0.2) is 0 Å². The van der Waals surface area contributed by atoms with Crippen molar-refractivity contribution in [2.75, 3.05) is 0 Å². The van der Waals surface area contributed by atoms with Crippen LogP contribution in [0.5, 0.6) is 0 Å². The van der Waals surface area contributed by atoms with Crippen molar-refractivity contribution in [1.82, 2.24) is 15.0 Å². The first-order valence-electron chi connectivity index (χ1n) is 7.57. The van der Waals surface area contributed by atoms with Gasteiger partial charge in [-0.15, -0.1) is 11.3 Å². The highest BCUT2D eigenvalue weighted by Gasteiger charge is 2.21. The Kier molecular flexibility index (Phi) is 3.66. The minimum absolute atomic E-state index is 0.133. The van der Waals surface area contributed by atoms with E-state index in [-0.39, 0.29) is 10.8 Å². The number of aromatic amines is 1. The van der Waals surface area contributed by atoms with Gasteiger partial charge in [0, 0.05) is 27.2 Å². The van der Waals surface area contributed by atoms with Gasteiger partial charge in [0.25, 0.3) is 0 Å². The number of nitrogens with zero attached hydrogens (tertiary/aromatic N) is 2. The van der Waals surface area contributed by atoms with Gasteiger partial charge >= 0.3 is 0 Å². The monoisotopic (exact) mass is 353 g/mol. The Balaban J connectivity index is 2.01. The first kappa shape index (κ1) is 15.4. The molecule has 3 heterocycles. The highest BCUT2D eigenvalue weighted by molar-refractivity contribution is 7.80. The number of aryl methyl sites for hydroxylation is 2. The van der Waals surface area contributed by atoms with Crippen molar-refractivity contribution in [3.8, 4) is 0 Å². The van der Waals surface area contributed by atoms with Crippen LogP contribution in [-0.4, -0.2) is 15.0 Å². The topological polar surface area (TPSA) is 58.6 Å². The van der Waals surface area contributed by atoms with Gasteiger partial charge in [0.05, 0.1) is 10.9 Å². The van der Waals surface area contributed by atoms with Crippen LogP contribution >= 0.6 is 24.0 Å². The molecule has 24 heavy (non-hydrogen) atoms. The normalized spacial score (nSPS) is 12.8. The molecule has 120 valence electrons. The zero-order valence-corrected chi connectivity index (χ0v) is 14.9. The van der Waals surface area contributed by atoms with Crippen molar-refractivity contribution in [3.63, 3.8) is 0 Å². The Bertz CT molecular complexity index is 1130. The van der Waals surface area contributed by atoms with E-state index in [0.717, 1.165) is 32.4 Å². The van der Waals surface area contributed by atoms with Crippen LogP contribution in [0.2, 0.25) is 0 Å². The Labute approximate surface area is 148 Å². The summed E-state index contributed by atoms with van der Waals surface area (Å²) in [7, 11) is 0. The maximum Gasteiger partial charge on any atom is 0.248 e. The lowest BCUT2D eigenvalue weighted by Crippen LogP contribution is -2.09. The molecule has 0 aliphatic carbocycles. The minimum Gasteiger partial charge on any atom is -0.322 e. The fourth-order valence-electron chi connectivity index (χ4n) is 3.02. The van der Waals surface area contributed by atoms with Gasteiger partial charge in [-0.3, -0.25) is 4.79 Å². The van der Waals surface area contributed by atoms with E-state index in [1.165, 1.54) is 10.4 Å². The number of hydrogen-bond acceptors (Lipinski definition) is 5. The van der Waals surface area contributed by atoms with Gasteiger partial charge in [0.1, 0.15) is 11.2 Å². The quantitative estimate of drug-likeness (QED) is 0.532. The predicted molar refractivity (Wildman–Crippen MR) is 102 cm³/mol. The molecule has 0 saturated heterocycles. The summed E-state index contributed by atoms with van der Waals surface area (Å²) in [6.07, 6.45) is 1.58. The molecule has 0 amide bonds. The highest BCUT2D eigenvalue weighted by Crippen LogP contribution is 2.38. The SMILES string of the molecule is Cc1sc2ncnc(C(S)c3cc(=O)[nH]c4ccccc34)c2c1C. The Morgan fingerprint density at radius 2 is 2.00 bits per heavy atom. The predicted octanol–water partition coefficient (Wildman–Crippen LogP) is 4.17. The molecule has 1 atom stereocenters. The number of fused-ring (bicyclic) bond motifs is 2. The number of hydrogen-bond donors (Lipinski definition) is 2. The molecule has 0 aliphatic heterocycles. The summed E-state index contributed by atoms with van der Waals surface area (Å²) in [5, 5.41) is 1.73. The number of rotatable bonds is 2. The van der Waals surface area contributed by atoms with Crippen molar-refractivity contribution < 1.29 is 0 Å². The van der Waals surface area contributed by atoms with Crippen LogP contribution in [0.3, 0.4) is 0 Å². The van der Waals surface area contributed by atoms with Crippen molar-refractivity contribution >= 4 is 45.1 Å². The Hall–Kier alpha value is -2.18. The van der Waals surface area contributed by atoms with Gasteiger partial charge in [-0.25, -0.2) is 9.97 Å². The summed E-state index contributed by atoms with van der Waals surface area (Å²) in [5.74, 6) is 0. The number of thiol groups is 1. The van der Waals surface area contributed by atoms with E-state index in [1.54, 1.807) is 23.7 Å². The summed E-state index contributed by atoms with van der Waals surface area (Å²) in [6, 6.07) is 9.37. The van der Waals surface area contributed by atoms with Crippen LogP contribution < -0.4 is 5.56 Å². The molecule has 0 aliphatic rings. The molecule has 1 aromatic carbocycles. The number of thiophene rings is 1. The second-order valence-corrected chi connectivity index (χ2v) is 7.48. The average Bonchev–Trinajstić information content (AvgIpc) is 2.88. The number of aromatic nitrogens is 3. The second kappa shape index (κ2) is 5.72. The number of nitrogens with one attached hydrogen (secondary N) is 1. The van der Waals surface area contributed by atoms with Crippen LogP contribution in [0.25, 0.3) is 21.1 Å². The van der Waals surface area contributed by atoms with Crippen LogP contribution in [0, 0.1) is 13.8 Å². The smallest absolute Gasteiger partial charge is 0.248 e. The molecule has 0 fully saturated rings. The van der Waals surface area contributed by atoms with Crippen LogP contribution in [0.1, 0.15) is 26.9 Å². The fraction of sp³-hybridized carbons (Fsp3) is 0.167. The molecule has 6 heteroatoms. The summed E-state index contributed by atoms with van der Waals surface area (Å²) < 4.78 is 0. The largest absolute Gasteiger partial charge is 0.322 e. The van der Waals surface area contributed by atoms with Gasteiger partial charge in [-0.2, -0.15) is 12.6 Å². The van der Waals surface area contributed by atoms with Crippen LogP contribution in [0.4, 0.5) is 0 Å². The Morgan fingerprint density at radius 3 is 2.83 bits per heavy atom. The third kappa shape index (κ3) is 2.34. The second-order valence-electron chi connectivity index (χ2n) is 5.76. The highest BCUT2D eigenvalue weighted by atomic mass is 32.1. The number of para-hydroxylation sites is 1. The molecule has 3 aromatic heterocycles. The van der Waals surface area contributed by atoms with E-state index in [9.17, 15) is 4.79 Å². The minimum atomic E-state index is -0.296. The lowest BCUT2D eigenvalue weighted by molar-refractivity contribution is 1.05. The zero-order valence-electron chi connectivity index (χ0n) is 13.2. The van der Waals surface area contributed by atoms with Crippen molar-refractivity contribution in [3.05, 3.63) is 68.7 Å². The summed E-state index contributed by atoms with van der Waals surface area (Å²) in [4.78, 5) is 26.0. The molecule has 1 N–H and O–H groups in total. The number of benzene rings is 1. The van der Waals surface area contributed by atoms with Crippen molar-refractivity contribution in [2.24, 2.45) is 0 Å². The van der Waals surface area contributed by atoms with Crippen LogP contribution in [-0.2, 0) is 0 Å². The summed E-state index contributed by atoms with van der Waals surface area (Å²) in [5.41, 5.74) is 3.56. The molecule has 0 bridgehead atoms. The lowest BCUT2D eigenvalue weighted by atomic mass is 10.0. The van der Waals surface area contributed by atoms with Crippen molar-refractivity contribution in [2.45, 2.75) is 19.1 Å². The van der Waals surface area contributed by atoms with E-state index in [1.807, 2.05) is 24.3 Å². The first-order chi connectivity index (χ1) is 11.6. The van der Waals surface area contributed by atoms with E-state index < -0.39 is 0 Å². The molecule has 0 saturated carbocycles. The molecular weight excluding hydrogens is 338 g/mol. The molecule has 0 spiro atoms. The molecular formula is C18H15N3OS2. The molecule has 4 nitrogen and oxygen atoms in total.